The average molecular weight is 373 g/mol. The first-order valence-electron chi connectivity index (χ1n) is 9.88. The Hall–Kier alpha value is -2.08. The summed E-state index contributed by atoms with van der Waals surface area (Å²) in [5.74, 6) is 0.512. The van der Waals surface area contributed by atoms with Crippen molar-refractivity contribution in [3.05, 3.63) is 23.8 Å². The first-order chi connectivity index (χ1) is 12.9. The minimum absolute atomic E-state index is 0.00307. The molecule has 0 aromatic heterocycles. The maximum atomic E-state index is 13.2. The highest BCUT2D eigenvalue weighted by atomic mass is 16.5. The molecule has 2 aliphatic heterocycles. The normalized spacial score (nSPS) is 21.6. The van der Waals surface area contributed by atoms with Crippen molar-refractivity contribution in [3.63, 3.8) is 0 Å². The van der Waals surface area contributed by atoms with Crippen molar-refractivity contribution < 1.29 is 14.3 Å². The molecule has 0 N–H and O–H groups in total. The Bertz CT molecular complexity index is 698. The number of rotatable bonds is 5. The fourth-order valence-corrected chi connectivity index (χ4v) is 4.25. The molecule has 2 saturated heterocycles. The van der Waals surface area contributed by atoms with E-state index in [4.69, 9.17) is 4.74 Å². The van der Waals surface area contributed by atoms with Gasteiger partial charge in [0.25, 0.3) is 0 Å². The predicted octanol–water partition coefficient (Wildman–Crippen LogP) is 2.30. The monoisotopic (exact) mass is 373 g/mol. The molecule has 3 rings (SSSR count). The third kappa shape index (κ3) is 4.10. The molecule has 0 saturated carbocycles. The van der Waals surface area contributed by atoms with Crippen LogP contribution < -0.4 is 9.64 Å². The summed E-state index contributed by atoms with van der Waals surface area (Å²) in [6.45, 7) is 7.20. The van der Waals surface area contributed by atoms with Crippen LogP contribution in [-0.4, -0.2) is 68.0 Å². The van der Waals surface area contributed by atoms with E-state index in [2.05, 4.69) is 11.9 Å². The Kier molecular flexibility index (Phi) is 6.05. The van der Waals surface area contributed by atoms with Crippen molar-refractivity contribution in [1.29, 1.82) is 0 Å². The Morgan fingerprint density at radius 2 is 2.00 bits per heavy atom. The molecule has 0 aliphatic carbocycles. The maximum absolute atomic E-state index is 13.2. The van der Waals surface area contributed by atoms with E-state index >= 15 is 0 Å². The highest BCUT2D eigenvalue weighted by molar-refractivity contribution is 6.01. The summed E-state index contributed by atoms with van der Waals surface area (Å²) in [5.41, 5.74) is 1.83. The van der Waals surface area contributed by atoms with Crippen molar-refractivity contribution in [1.82, 2.24) is 9.80 Å². The molecule has 2 amide bonds. The number of aryl methyl sites for hydroxylation is 1. The van der Waals surface area contributed by atoms with Gasteiger partial charge in [-0.2, -0.15) is 0 Å². The first kappa shape index (κ1) is 19.7. The second-order valence-electron chi connectivity index (χ2n) is 7.74. The Balaban J connectivity index is 1.74. The molecule has 27 heavy (non-hydrogen) atoms. The number of benzene rings is 1. The van der Waals surface area contributed by atoms with Gasteiger partial charge in [0.1, 0.15) is 5.75 Å². The molecular weight excluding hydrogens is 342 g/mol. The van der Waals surface area contributed by atoms with E-state index in [1.54, 1.807) is 12.0 Å². The number of nitrogens with zero attached hydrogens (tertiary/aromatic N) is 3. The summed E-state index contributed by atoms with van der Waals surface area (Å²) in [6, 6.07) is 6.09. The lowest BCUT2D eigenvalue weighted by Gasteiger charge is -2.38. The lowest BCUT2D eigenvalue weighted by molar-refractivity contribution is -0.138. The molecule has 2 heterocycles. The molecule has 1 aromatic carbocycles. The quantitative estimate of drug-likeness (QED) is 0.795. The molecule has 0 radical (unpaired) electrons. The first-order valence-corrected chi connectivity index (χ1v) is 9.88. The lowest BCUT2D eigenvalue weighted by Crippen LogP contribution is -2.48. The van der Waals surface area contributed by atoms with E-state index in [0.717, 1.165) is 37.2 Å². The molecule has 0 unspecified atom stereocenters. The van der Waals surface area contributed by atoms with Crippen molar-refractivity contribution in [2.45, 2.75) is 39.2 Å². The van der Waals surface area contributed by atoms with Gasteiger partial charge in [0.15, 0.2) is 0 Å². The van der Waals surface area contributed by atoms with E-state index in [0.29, 0.717) is 18.8 Å². The minimum atomic E-state index is -0.276. The largest absolute Gasteiger partial charge is 0.495 e. The summed E-state index contributed by atoms with van der Waals surface area (Å²) in [5, 5.41) is 0. The van der Waals surface area contributed by atoms with Crippen LogP contribution in [0.2, 0.25) is 0 Å². The fourth-order valence-electron chi connectivity index (χ4n) is 4.25. The number of ether oxygens (including phenoxy) is 1. The smallest absolute Gasteiger partial charge is 0.228 e. The van der Waals surface area contributed by atoms with Gasteiger partial charge in [-0.25, -0.2) is 0 Å². The zero-order chi connectivity index (χ0) is 19.6. The van der Waals surface area contributed by atoms with Crippen molar-refractivity contribution in [2.24, 2.45) is 5.92 Å². The molecule has 6 nitrogen and oxygen atoms in total. The molecule has 2 aliphatic rings. The van der Waals surface area contributed by atoms with Gasteiger partial charge in [-0.1, -0.05) is 6.07 Å². The number of carbonyl (C=O) groups is 2. The Morgan fingerprint density at radius 3 is 2.63 bits per heavy atom. The summed E-state index contributed by atoms with van der Waals surface area (Å²) < 4.78 is 5.44. The number of carbonyl (C=O) groups excluding carboxylic acids is 2. The highest BCUT2D eigenvalue weighted by Gasteiger charge is 2.39. The number of methoxy groups -OCH3 is 1. The van der Waals surface area contributed by atoms with Crippen LogP contribution in [0.25, 0.3) is 0 Å². The van der Waals surface area contributed by atoms with Gasteiger partial charge in [0.05, 0.1) is 18.7 Å². The molecule has 2 fully saturated rings. The zero-order valence-electron chi connectivity index (χ0n) is 16.9. The van der Waals surface area contributed by atoms with Gasteiger partial charge < -0.3 is 19.4 Å². The lowest BCUT2D eigenvalue weighted by atomic mass is 10.00. The zero-order valence-corrected chi connectivity index (χ0v) is 16.9. The van der Waals surface area contributed by atoms with E-state index in [1.165, 1.54) is 0 Å². The summed E-state index contributed by atoms with van der Waals surface area (Å²) in [7, 11) is 3.73. The summed E-state index contributed by atoms with van der Waals surface area (Å²) in [4.78, 5) is 31.9. The predicted molar refractivity (Wildman–Crippen MR) is 106 cm³/mol. The van der Waals surface area contributed by atoms with E-state index < -0.39 is 0 Å². The molecule has 0 bridgehead atoms. The van der Waals surface area contributed by atoms with Crippen LogP contribution in [0.1, 0.15) is 31.7 Å². The van der Waals surface area contributed by atoms with Crippen molar-refractivity contribution >= 4 is 17.5 Å². The second-order valence-corrected chi connectivity index (χ2v) is 7.74. The Labute approximate surface area is 162 Å². The number of likely N-dealkylation sites (tertiary alicyclic amines) is 1. The summed E-state index contributed by atoms with van der Waals surface area (Å²) >= 11 is 0. The van der Waals surface area contributed by atoms with Gasteiger partial charge >= 0.3 is 0 Å². The molecule has 1 atom stereocenters. The van der Waals surface area contributed by atoms with Crippen LogP contribution >= 0.6 is 0 Å². The third-order valence-corrected chi connectivity index (χ3v) is 5.85. The molecule has 6 heteroatoms. The summed E-state index contributed by atoms with van der Waals surface area (Å²) in [6.07, 6.45) is 2.29. The van der Waals surface area contributed by atoms with Gasteiger partial charge in [0.2, 0.25) is 11.8 Å². The molecule has 148 valence electrons. The molecule has 0 spiro atoms. The highest BCUT2D eigenvalue weighted by Crippen LogP contribution is 2.34. The fraction of sp³-hybridized carbons (Fsp3) is 0.619. The number of amides is 2. The molecular formula is C21H31N3O3. The Morgan fingerprint density at radius 1 is 1.30 bits per heavy atom. The van der Waals surface area contributed by atoms with E-state index in [-0.39, 0.29) is 30.2 Å². The molecule has 1 aromatic rings. The van der Waals surface area contributed by atoms with E-state index in [1.807, 2.05) is 36.9 Å². The van der Waals surface area contributed by atoms with Gasteiger partial charge in [0, 0.05) is 25.6 Å². The van der Waals surface area contributed by atoms with Gasteiger partial charge in [-0.15, -0.1) is 0 Å². The number of piperidine rings is 1. The maximum Gasteiger partial charge on any atom is 0.228 e. The van der Waals surface area contributed by atoms with Crippen LogP contribution in [0.15, 0.2) is 18.2 Å². The van der Waals surface area contributed by atoms with Gasteiger partial charge in [-0.05, 0) is 64.5 Å². The van der Waals surface area contributed by atoms with Crippen LogP contribution in [0.5, 0.6) is 5.75 Å². The SMILES string of the molecule is CCN(C(=O)[C@@H]1CC(=O)N(c2cc(C)ccc2OC)C1)C1CCN(C)CC1. The topological polar surface area (TPSA) is 53.1 Å². The van der Waals surface area contributed by atoms with Crippen LogP contribution in [0, 0.1) is 12.8 Å². The average Bonchev–Trinajstić information content (AvgIpc) is 3.05. The number of hydrogen-bond acceptors (Lipinski definition) is 4. The standard InChI is InChI=1S/C21H31N3O3/c1-5-23(17-8-10-22(3)11-9-17)21(26)16-13-20(25)24(14-16)18-12-15(2)6-7-19(18)27-4/h6-7,12,16-17H,5,8-11,13-14H2,1-4H3/t16-/m1/s1. The number of anilines is 1. The van der Waals surface area contributed by atoms with Crippen molar-refractivity contribution in [3.8, 4) is 5.75 Å². The van der Waals surface area contributed by atoms with Crippen LogP contribution in [-0.2, 0) is 9.59 Å². The third-order valence-electron chi connectivity index (χ3n) is 5.85. The minimum Gasteiger partial charge on any atom is -0.495 e. The van der Waals surface area contributed by atoms with Crippen LogP contribution in [0.3, 0.4) is 0 Å². The van der Waals surface area contributed by atoms with Crippen molar-refractivity contribution in [2.75, 3.05) is 45.2 Å². The number of hydrogen-bond donors (Lipinski definition) is 0. The van der Waals surface area contributed by atoms with Gasteiger partial charge in [-0.3, -0.25) is 9.59 Å². The second kappa shape index (κ2) is 8.30. The van der Waals surface area contributed by atoms with Crippen LogP contribution in [0.4, 0.5) is 5.69 Å². The van der Waals surface area contributed by atoms with E-state index in [9.17, 15) is 9.59 Å².